The number of hydrogen-bond acceptors (Lipinski definition) is 5. The molecule has 1 fully saturated rings. The van der Waals surface area contributed by atoms with Gasteiger partial charge in [0.05, 0.1) is 43.1 Å². The molecule has 138 valence electrons. The van der Waals surface area contributed by atoms with Crippen molar-refractivity contribution in [3.63, 3.8) is 0 Å². The first-order valence-electron chi connectivity index (χ1n) is 8.72. The Hall–Kier alpha value is -3.07. The van der Waals surface area contributed by atoms with E-state index in [1.165, 1.54) is 12.1 Å². The van der Waals surface area contributed by atoms with Crippen LogP contribution in [-0.4, -0.2) is 54.9 Å². The maximum absolute atomic E-state index is 14.0. The van der Waals surface area contributed by atoms with Crippen molar-refractivity contribution >= 4 is 5.91 Å². The third kappa shape index (κ3) is 2.62. The molecule has 5 rings (SSSR count). The number of carbonyl (C=O) groups is 1. The summed E-state index contributed by atoms with van der Waals surface area (Å²) in [7, 11) is 0. The molecule has 0 unspecified atom stereocenters. The molecule has 1 saturated heterocycles. The maximum Gasteiger partial charge on any atom is 0.249 e. The molecule has 27 heavy (non-hydrogen) atoms. The van der Waals surface area contributed by atoms with Gasteiger partial charge in [0, 0.05) is 12.1 Å². The predicted octanol–water partition coefficient (Wildman–Crippen LogP) is 1.30. The Bertz CT molecular complexity index is 1060. The molecule has 0 spiro atoms. The normalized spacial score (nSPS) is 15.9. The lowest BCUT2D eigenvalue weighted by Crippen LogP contribution is -2.41. The van der Waals surface area contributed by atoms with Gasteiger partial charge in [-0.15, -0.1) is 0 Å². The SMILES string of the molecule is Cc1ncn2c1Cn1nc(CN3CCOCC3=O)nc1-c1cc(F)ccc1-2. The number of aromatic nitrogens is 5. The molecule has 3 aromatic rings. The lowest BCUT2D eigenvalue weighted by Gasteiger charge is -2.25. The van der Waals surface area contributed by atoms with E-state index in [1.807, 2.05) is 11.5 Å². The number of ether oxygens (including phenoxy) is 1. The first-order chi connectivity index (χ1) is 13.1. The van der Waals surface area contributed by atoms with Crippen LogP contribution in [0.2, 0.25) is 0 Å². The van der Waals surface area contributed by atoms with E-state index in [0.29, 0.717) is 43.5 Å². The molecule has 1 amide bonds. The van der Waals surface area contributed by atoms with Gasteiger partial charge in [-0.1, -0.05) is 0 Å². The van der Waals surface area contributed by atoms with Gasteiger partial charge in [0.2, 0.25) is 5.91 Å². The van der Waals surface area contributed by atoms with Crippen LogP contribution in [0.5, 0.6) is 0 Å². The molecule has 0 atom stereocenters. The number of halogens is 1. The predicted molar refractivity (Wildman–Crippen MR) is 92.6 cm³/mol. The van der Waals surface area contributed by atoms with E-state index in [-0.39, 0.29) is 18.3 Å². The first-order valence-corrected chi connectivity index (χ1v) is 8.72. The number of imidazole rings is 1. The van der Waals surface area contributed by atoms with E-state index in [1.54, 1.807) is 22.0 Å². The average molecular weight is 368 g/mol. The second-order valence-corrected chi connectivity index (χ2v) is 6.69. The van der Waals surface area contributed by atoms with Crippen molar-refractivity contribution in [1.82, 2.24) is 29.2 Å². The summed E-state index contributed by atoms with van der Waals surface area (Å²) in [5.41, 5.74) is 3.32. The minimum atomic E-state index is -0.339. The summed E-state index contributed by atoms with van der Waals surface area (Å²) >= 11 is 0. The number of carbonyl (C=O) groups excluding carboxylic acids is 1. The molecule has 0 bridgehead atoms. The minimum Gasteiger partial charge on any atom is -0.370 e. The van der Waals surface area contributed by atoms with Gasteiger partial charge in [0.1, 0.15) is 12.4 Å². The highest BCUT2D eigenvalue weighted by Gasteiger charge is 2.26. The summed E-state index contributed by atoms with van der Waals surface area (Å²) in [6.07, 6.45) is 1.74. The summed E-state index contributed by atoms with van der Waals surface area (Å²) in [5.74, 6) is 0.699. The van der Waals surface area contributed by atoms with E-state index < -0.39 is 0 Å². The second-order valence-electron chi connectivity index (χ2n) is 6.69. The molecule has 0 saturated carbocycles. The molecular weight excluding hydrogens is 351 g/mol. The van der Waals surface area contributed by atoms with Crippen molar-refractivity contribution in [2.75, 3.05) is 19.8 Å². The minimum absolute atomic E-state index is 0.0772. The van der Waals surface area contributed by atoms with Gasteiger partial charge in [-0.2, -0.15) is 5.10 Å². The molecule has 4 heterocycles. The van der Waals surface area contributed by atoms with Gasteiger partial charge >= 0.3 is 0 Å². The van der Waals surface area contributed by atoms with Crippen molar-refractivity contribution in [2.45, 2.75) is 20.0 Å². The number of aryl methyl sites for hydroxylation is 1. The van der Waals surface area contributed by atoms with Crippen molar-refractivity contribution in [3.8, 4) is 17.1 Å². The number of nitrogens with zero attached hydrogens (tertiary/aromatic N) is 6. The Morgan fingerprint density at radius 1 is 1.33 bits per heavy atom. The van der Waals surface area contributed by atoms with Crippen molar-refractivity contribution < 1.29 is 13.9 Å². The van der Waals surface area contributed by atoms with Gasteiger partial charge in [-0.25, -0.2) is 19.0 Å². The Labute approximate surface area is 154 Å². The van der Waals surface area contributed by atoms with Crippen molar-refractivity contribution in [3.05, 3.63) is 47.6 Å². The third-order valence-corrected chi connectivity index (χ3v) is 4.97. The van der Waals surface area contributed by atoms with E-state index in [4.69, 9.17) is 4.74 Å². The average Bonchev–Trinajstić information content (AvgIpc) is 3.18. The van der Waals surface area contributed by atoms with Crippen LogP contribution < -0.4 is 0 Å². The van der Waals surface area contributed by atoms with Gasteiger partial charge < -0.3 is 14.2 Å². The molecule has 0 radical (unpaired) electrons. The van der Waals surface area contributed by atoms with Gasteiger partial charge in [-0.3, -0.25) is 4.79 Å². The summed E-state index contributed by atoms with van der Waals surface area (Å²) in [4.78, 5) is 22.7. The number of amides is 1. The number of fused-ring (bicyclic) bond motifs is 5. The Kier molecular flexibility index (Phi) is 3.57. The largest absolute Gasteiger partial charge is 0.370 e. The van der Waals surface area contributed by atoms with E-state index in [9.17, 15) is 9.18 Å². The van der Waals surface area contributed by atoms with Crippen LogP contribution in [0.15, 0.2) is 24.5 Å². The lowest BCUT2D eigenvalue weighted by atomic mass is 10.1. The zero-order chi connectivity index (χ0) is 18.5. The zero-order valence-corrected chi connectivity index (χ0v) is 14.7. The van der Waals surface area contributed by atoms with Crippen LogP contribution in [0.25, 0.3) is 17.1 Å². The molecular formula is C18H17FN6O2. The van der Waals surface area contributed by atoms with Gasteiger partial charge in [-0.05, 0) is 25.1 Å². The van der Waals surface area contributed by atoms with Gasteiger partial charge in [0.25, 0.3) is 0 Å². The number of hydrogen-bond donors (Lipinski definition) is 0. The third-order valence-electron chi connectivity index (χ3n) is 4.97. The first kappa shape index (κ1) is 16.1. The summed E-state index contributed by atoms with van der Waals surface area (Å²) in [6, 6.07) is 4.62. The number of benzene rings is 1. The molecule has 9 heteroatoms. The standard InChI is InChI=1S/C18H17FN6O2/c1-11-15-7-25-18(13-6-12(19)2-3-14(13)24(15)10-20-11)21-16(22-25)8-23-4-5-27-9-17(23)26/h2-3,6,10H,4-5,7-9H2,1H3. The smallest absolute Gasteiger partial charge is 0.249 e. The van der Waals surface area contributed by atoms with Crippen LogP contribution in [-0.2, 0) is 22.6 Å². The molecule has 2 aliphatic rings. The van der Waals surface area contributed by atoms with Crippen LogP contribution >= 0.6 is 0 Å². The molecule has 2 aromatic heterocycles. The van der Waals surface area contributed by atoms with Crippen LogP contribution in [0.4, 0.5) is 4.39 Å². The fourth-order valence-corrected chi connectivity index (χ4v) is 3.55. The topological polar surface area (TPSA) is 78.1 Å². The van der Waals surface area contributed by atoms with Crippen LogP contribution in [0.3, 0.4) is 0 Å². The molecule has 2 aliphatic heterocycles. The number of morpholine rings is 1. The van der Waals surface area contributed by atoms with E-state index in [2.05, 4.69) is 15.1 Å². The van der Waals surface area contributed by atoms with Crippen LogP contribution in [0.1, 0.15) is 17.2 Å². The van der Waals surface area contributed by atoms with Crippen molar-refractivity contribution in [2.24, 2.45) is 0 Å². The Balaban J connectivity index is 1.60. The fourth-order valence-electron chi connectivity index (χ4n) is 3.55. The maximum atomic E-state index is 14.0. The highest BCUT2D eigenvalue weighted by atomic mass is 19.1. The number of rotatable bonds is 2. The van der Waals surface area contributed by atoms with E-state index >= 15 is 0 Å². The molecule has 1 aromatic carbocycles. The quantitative estimate of drug-likeness (QED) is 0.533. The Morgan fingerprint density at radius 3 is 3.07 bits per heavy atom. The van der Waals surface area contributed by atoms with E-state index in [0.717, 1.165) is 17.1 Å². The second kappa shape index (κ2) is 5.98. The summed E-state index contributed by atoms with van der Waals surface area (Å²) < 4.78 is 22.9. The van der Waals surface area contributed by atoms with Gasteiger partial charge in [0.15, 0.2) is 11.6 Å². The molecule has 0 aliphatic carbocycles. The highest BCUT2D eigenvalue weighted by molar-refractivity contribution is 5.78. The monoisotopic (exact) mass is 368 g/mol. The Morgan fingerprint density at radius 2 is 2.22 bits per heavy atom. The summed E-state index contributed by atoms with van der Waals surface area (Å²) in [5, 5.41) is 4.59. The summed E-state index contributed by atoms with van der Waals surface area (Å²) in [6.45, 7) is 3.82. The highest BCUT2D eigenvalue weighted by Crippen LogP contribution is 2.32. The fraction of sp³-hybridized carbons (Fsp3) is 0.333. The van der Waals surface area contributed by atoms with Crippen molar-refractivity contribution in [1.29, 1.82) is 0 Å². The lowest BCUT2D eigenvalue weighted by molar-refractivity contribution is -0.143. The van der Waals surface area contributed by atoms with Crippen LogP contribution in [0, 0.1) is 12.7 Å². The zero-order valence-electron chi connectivity index (χ0n) is 14.7. The molecule has 0 N–H and O–H groups in total. The molecule has 8 nitrogen and oxygen atoms in total.